The Morgan fingerprint density at radius 3 is 2.62 bits per heavy atom. The highest BCUT2D eigenvalue weighted by Crippen LogP contribution is 2.14. The molecule has 120 valence electrons. The third-order valence-corrected chi connectivity index (χ3v) is 2.41. The first-order valence-electron chi connectivity index (χ1n) is 6.06. The Bertz CT molecular complexity index is 462. The van der Waals surface area contributed by atoms with E-state index in [0.717, 1.165) is 0 Å². The first-order valence-corrected chi connectivity index (χ1v) is 6.06. The average Bonchev–Trinajstić information content (AvgIpc) is 2.75. The van der Waals surface area contributed by atoms with Crippen molar-refractivity contribution in [2.75, 3.05) is 33.5 Å². The molecular weight excluding hydrogens is 295 g/mol. The summed E-state index contributed by atoms with van der Waals surface area (Å²) in [6.07, 6.45) is -4.37. The maximum atomic E-state index is 11.9. The summed E-state index contributed by atoms with van der Waals surface area (Å²) in [6.45, 7) is 0.437. The highest BCUT2D eigenvalue weighted by atomic mass is 19.4. The van der Waals surface area contributed by atoms with Crippen molar-refractivity contribution in [1.82, 2.24) is 15.0 Å². The zero-order valence-corrected chi connectivity index (χ0v) is 11.6. The molecule has 0 atom stereocenters. The van der Waals surface area contributed by atoms with E-state index in [9.17, 15) is 18.0 Å². The molecule has 0 saturated carbocycles. The molecule has 0 N–H and O–H groups in total. The molecule has 0 unspecified atom stereocenters. The standard InChI is InChI=1S/C11H16F3N3O4/c1-8-9(10(18)21-6-5-19-2)15-16-17(8)3-4-20-7-11(12,13)14/h3-7H2,1-2H3. The van der Waals surface area contributed by atoms with E-state index in [2.05, 4.69) is 15.0 Å². The Kier molecular flexibility index (Phi) is 6.56. The van der Waals surface area contributed by atoms with Gasteiger partial charge in [0.25, 0.3) is 0 Å². The molecule has 0 saturated heterocycles. The van der Waals surface area contributed by atoms with Crippen LogP contribution in [0.2, 0.25) is 0 Å². The summed E-state index contributed by atoms with van der Waals surface area (Å²) in [6, 6.07) is 0. The minimum atomic E-state index is -4.37. The van der Waals surface area contributed by atoms with Gasteiger partial charge in [0.2, 0.25) is 0 Å². The topological polar surface area (TPSA) is 75.5 Å². The number of carbonyl (C=O) groups excluding carboxylic acids is 1. The van der Waals surface area contributed by atoms with Gasteiger partial charge in [-0.2, -0.15) is 13.2 Å². The van der Waals surface area contributed by atoms with Crippen LogP contribution in [-0.2, 0) is 20.8 Å². The monoisotopic (exact) mass is 311 g/mol. The van der Waals surface area contributed by atoms with Crippen molar-refractivity contribution in [3.8, 4) is 0 Å². The Balaban J connectivity index is 2.46. The van der Waals surface area contributed by atoms with E-state index in [4.69, 9.17) is 9.47 Å². The van der Waals surface area contributed by atoms with Gasteiger partial charge in [0, 0.05) is 7.11 Å². The van der Waals surface area contributed by atoms with Gasteiger partial charge in [-0.25, -0.2) is 9.48 Å². The van der Waals surface area contributed by atoms with Crippen LogP contribution in [0.3, 0.4) is 0 Å². The highest BCUT2D eigenvalue weighted by molar-refractivity contribution is 5.88. The van der Waals surface area contributed by atoms with Crippen LogP contribution in [0, 0.1) is 6.92 Å². The van der Waals surface area contributed by atoms with E-state index in [1.807, 2.05) is 0 Å². The number of hydrogen-bond acceptors (Lipinski definition) is 6. The lowest BCUT2D eigenvalue weighted by Gasteiger charge is -2.08. The Hall–Kier alpha value is -1.68. The smallest absolute Gasteiger partial charge is 0.411 e. The molecule has 1 aromatic rings. The van der Waals surface area contributed by atoms with Crippen LogP contribution in [0.1, 0.15) is 16.2 Å². The van der Waals surface area contributed by atoms with Crippen LogP contribution in [0.15, 0.2) is 0 Å². The van der Waals surface area contributed by atoms with Crippen LogP contribution in [0.5, 0.6) is 0 Å². The molecule has 0 aliphatic rings. The molecule has 21 heavy (non-hydrogen) atoms. The highest BCUT2D eigenvalue weighted by Gasteiger charge is 2.27. The number of ether oxygens (including phenoxy) is 3. The van der Waals surface area contributed by atoms with Crippen molar-refractivity contribution in [2.24, 2.45) is 0 Å². The Labute approximate surface area is 119 Å². The second-order valence-electron chi connectivity index (χ2n) is 4.04. The number of halogens is 3. The molecule has 1 rings (SSSR count). The van der Waals surface area contributed by atoms with E-state index in [-0.39, 0.29) is 32.1 Å². The number of aromatic nitrogens is 3. The molecule has 0 radical (unpaired) electrons. The summed E-state index contributed by atoms with van der Waals surface area (Å²) in [7, 11) is 1.47. The van der Waals surface area contributed by atoms with Crippen LogP contribution in [-0.4, -0.2) is 60.7 Å². The second kappa shape index (κ2) is 7.93. The molecule has 10 heteroatoms. The largest absolute Gasteiger partial charge is 0.458 e. The maximum Gasteiger partial charge on any atom is 0.411 e. The molecule has 0 amide bonds. The Morgan fingerprint density at radius 2 is 2.00 bits per heavy atom. The van der Waals surface area contributed by atoms with Gasteiger partial charge in [0.05, 0.1) is 25.5 Å². The molecule has 0 bridgehead atoms. The number of carbonyl (C=O) groups is 1. The third-order valence-electron chi connectivity index (χ3n) is 2.41. The maximum absolute atomic E-state index is 11.9. The summed E-state index contributed by atoms with van der Waals surface area (Å²) >= 11 is 0. The van der Waals surface area contributed by atoms with E-state index in [0.29, 0.717) is 5.69 Å². The zero-order valence-electron chi connectivity index (χ0n) is 11.6. The van der Waals surface area contributed by atoms with E-state index >= 15 is 0 Å². The van der Waals surface area contributed by atoms with Gasteiger partial charge in [-0.1, -0.05) is 5.21 Å². The van der Waals surface area contributed by atoms with E-state index in [1.165, 1.54) is 11.8 Å². The molecular formula is C11H16F3N3O4. The summed E-state index contributed by atoms with van der Waals surface area (Å²) in [5.41, 5.74) is 0.412. The van der Waals surface area contributed by atoms with E-state index in [1.54, 1.807) is 6.92 Å². The summed E-state index contributed by atoms with van der Waals surface area (Å²) in [4.78, 5) is 11.6. The van der Waals surface area contributed by atoms with Gasteiger partial charge in [-0.3, -0.25) is 0 Å². The fourth-order valence-corrected chi connectivity index (χ4v) is 1.39. The first kappa shape index (κ1) is 17.4. The lowest BCUT2D eigenvalue weighted by Crippen LogP contribution is -2.19. The number of methoxy groups -OCH3 is 1. The summed E-state index contributed by atoms with van der Waals surface area (Å²) < 4.78 is 51.0. The van der Waals surface area contributed by atoms with Gasteiger partial charge in [-0.05, 0) is 6.92 Å². The number of esters is 1. The number of nitrogens with zero attached hydrogens (tertiary/aromatic N) is 3. The van der Waals surface area contributed by atoms with Crippen molar-refractivity contribution in [2.45, 2.75) is 19.6 Å². The first-order chi connectivity index (χ1) is 9.85. The van der Waals surface area contributed by atoms with Gasteiger partial charge in [0.15, 0.2) is 5.69 Å². The predicted octanol–water partition coefficient (Wildman–Crippen LogP) is 0.969. The molecule has 0 aromatic carbocycles. The SMILES string of the molecule is COCCOC(=O)c1nnn(CCOCC(F)(F)F)c1C. The zero-order chi connectivity index (χ0) is 15.9. The molecule has 1 heterocycles. The van der Waals surface area contributed by atoms with Crippen LogP contribution in [0.4, 0.5) is 13.2 Å². The minimum Gasteiger partial charge on any atom is -0.458 e. The molecule has 0 aliphatic carbocycles. The summed E-state index contributed by atoms with van der Waals surface area (Å²) in [5.74, 6) is -0.660. The van der Waals surface area contributed by atoms with Crippen molar-refractivity contribution in [1.29, 1.82) is 0 Å². The van der Waals surface area contributed by atoms with Crippen molar-refractivity contribution in [3.63, 3.8) is 0 Å². The Morgan fingerprint density at radius 1 is 1.29 bits per heavy atom. The lowest BCUT2D eigenvalue weighted by molar-refractivity contribution is -0.174. The average molecular weight is 311 g/mol. The number of rotatable bonds is 8. The molecule has 1 aromatic heterocycles. The van der Waals surface area contributed by atoms with Gasteiger partial charge < -0.3 is 14.2 Å². The third kappa shape index (κ3) is 6.08. The van der Waals surface area contributed by atoms with Crippen LogP contribution >= 0.6 is 0 Å². The van der Waals surface area contributed by atoms with Crippen molar-refractivity contribution >= 4 is 5.97 Å². The number of alkyl halides is 3. The van der Waals surface area contributed by atoms with Crippen molar-refractivity contribution in [3.05, 3.63) is 11.4 Å². The quantitative estimate of drug-likeness (QED) is 0.526. The van der Waals surface area contributed by atoms with Crippen molar-refractivity contribution < 1.29 is 32.2 Å². The van der Waals surface area contributed by atoms with Gasteiger partial charge in [-0.15, -0.1) is 5.10 Å². The van der Waals surface area contributed by atoms with Crippen LogP contribution in [0.25, 0.3) is 0 Å². The predicted molar refractivity (Wildman–Crippen MR) is 63.8 cm³/mol. The fraction of sp³-hybridized carbons (Fsp3) is 0.727. The fourth-order valence-electron chi connectivity index (χ4n) is 1.39. The summed E-state index contributed by atoms with van der Waals surface area (Å²) in [5, 5.41) is 7.31. The van der Waals surface area contributed by atoms with Crippen LogP contribution < -0.4 is 0 Å². The molecule has 7 nitrogen and oxygen atoms in total. The molecule has 0 fully saturated rings. The lowest BCUT2D eigenvalue weighted by atomic mass is 10.3. The second-order valence-corrected chi connectivity index (χ2v) is 4.04. The molecule has 0 aliphatic heterocycles. The van der Waals surface area contributed by atoms with E-state index < -0.39 is 18.8 Å². The van der Waals surface area contributed by atoms with Gasteiger partial charge >= 0.3 is 12.1 Å². The number of hydrogen-bond donors (Lipinski definition) is 0. The molecule has 0 spiro atoms. The minimum absolute atomic E-state index is 0.0157. The normalized spacial score (nSPS) is 11.7. The van der Waals surface area contributed by atoms with Gasteiger partial charge in [0.1, 0.15) is 13.2 Å².